The van der Waals surface area contributed by atoms with Crippen molar-refractivity contribution in [2.45, 2.75) is 38.6 Å². The molecule has 0 amide bonds. The number of benzene rings is 1. The quantitative estimate of drug-likeness (QED) is 0.431. The van der Waals surface area contributed by atoms with E-state index in [-0.39, 0.29) is 0 Å². The molecular weight excluding hydrogens is 372 g/mol. The van der Waals surface area contributed by atoms with E-state index in [0.29, 0.717) is 0 Å². The fraction of sp³-hybridized carbons (Fsp3) is 0.417. The number of nitrogens with one attached hydrogen (secondary N) is 3. The molecular formula is C24H32N6. The number of para-hydroxylation sites is 1. The van der Waals surface area contributed by atoms with Crippen molar-refractivity contribution in [3.05, 3.63) is 59.9 Å². The van der Waals surface area contributed by atoms with Gasteiger partial charge in [-0.15, -0.1) is 0 Å². The van der Waals surface area contributed by atoms with Crippen molar-refractivity contribution in [3.63, 3.8) is 0 Å². The van der Waals surface area contributed by atoms with E-state index in [1.807, 2.05) is 13.2 Å². The van der Waals surface area contributed by atoms with Gasteiger partial charge in [0.25, 0.3) is 0 Å². The molecule has 158 valence electrons. The zero-order valence-corrected chi connectivity index (χ0v) is 17.8. The average molecular weight is 405 g/mol. The molecule has 0 radical (unpaired) electrons. The van der Waals surface area contributed by atoms with Crippen LogP contribution in [0.5, 0.6) is 0 Å². The number of H-pyrrole nitrogens is 1. The van der Waals surface area contributed by atoms with Crippen molar-refractivity contribution < 1.29 is 0 Å². The molecule has 0 bridgehead atoms. The zero-order valence-electron chi connectivity index (χ0n) is 17.8. The molecule has 0 saturated carbocycles. The van der Waals surface area contributed by atoms with E-state index < -0.39 is 0 Å². The van der Waals surface area contributed by atoms with Crippen molar-refractivity contribution >= 4 is 22.7 Å². The lowest BCUT2D eigenvalue weighted by molar-refractivity contribution is 0.726. The maximum atomic E-state index is 4.60. The minimum Gasteiger partial charge on any atom is -0.361 e. The fourth-order valence-electron chi connectivity index (χ4n) is 4.10. The second-order valence-corrected chi connectivity index (χ2v) is 7.89. The van der Waals surface area contributed by atoms with Crippen LogP contribution in [0.2, 0.25) is 0 Å². The van der Waals surface area contributed by atoms with E-state index in [4.69, 9.17) is 0 Å². The Balaban J connectivity index is 1.28. The molecule has 4 rings (SSSR count). The summed E-state index contributed by atoms with van der Waals surface area (Å²) in [5, 5.41) is 8.15. The molecule has 1 fully saturated rings. The minimum atomic E-state index is 0.732. The molecule has 1 aromatic carbocycles. The van der Waals surface area contributed by atoms with Gasteiger partial charge in [-0.2, -0.15) is 0 Å². The number of hydrogen-bond acceptors (Lipinski definition) is 3. The van der Waals surface area contributed by atoms with Crippen molar-refractivity contribution in [2.75, 3.05) is 31.6 Å². The second kappa shape index (κ2) is 10.1. The van der Waals surface area contributed by atoms with Crippen molar-refractivity contribution in [1.82, 2.24) is 20.6 Å². The highest BCUT2D eigenvalue weighted by Gasteiger charge is 2.11. The molecule has 0 atom stereocenters. The summed E-state index contributed by atoms with van der Waals surface area (Å²) in [6.07, 6.45) is 10.2. The van der Waals surface area contributed by atoms with Crippen molar-refractivity contribution in [1.29, 1.82) is 0 Å². The predicted molar refractivity (Wildman–Crippen MR) is 125 cm³/mol. The van der Waals surface area contributed by atoms with E-state index in [2.05, 4.69) is 73.1 Å². The average Bonchev–Trinajstić information content (AvgIpc) is 3.00. The van der Waals surface area contributed by atoms with Gasteiger partial charge in [-0.05, 0) is 48.6 Å². The van der Waals surface area contributed by atoms with Gasteiger partial charge < -0.3 is 20.5 Å². The molecule has 1 saturated heterocycles. The highest BCUT2D eigenvalue weighted by molar-refractivity contribution is 5.83. The maximum Gasteiger partial charge on any atom is 0.191 e. The molecule has 0 spiro atoms. The van der Waals surface area contributed by atoms with Crippen LogP contribution in [-0.4, -0.2) is 42.6 Å². The Kier molecular flexibility index (Phi) is 6.85. The first-order valence-corrected chi connectivity index (χ1v) is 11.0. The van der Waals surface area contributed by atoms with E-state index in [1.54, 1.807) is 0 Å². The van der Waals surface area contributed by atoms with Crippen LogP contribution in [0.3, 0.4) is 0 Å². The van der Waals surface area contributed by atoms with Crippen LogP contribution < -0.4 is 15.5 Å². The lowest BCUT2D eigenvalue weighted by atomic mass is 10.1. The molecule has 1 aliphatic rings. The van der Waals surface area contributed by atoms with Crippen LogP contribution in [-0.2, 0) is 13.0 Å². The van der Waals surface area contributed by atoms with Crippen molar-refractivity contribution in [3.8, 4) is 0 Å². The molecule has 2 aromatic heterocycles. The molecule has 0 unspecified atom stereocenters. The lowest BCUT2D eigenvalue weighted by Crippen LogP contribution is -2.37. The fourth-order valence-corrected chi connectivity index (χ4v) is 4.10. The van der Waals surface area contributed by atoms with Crippen LogP contribution in [0, 0.1) is 0 Å². The largest absolute Gasteiger partial charge is 0.361 e. The van der Waals surface area contributed by atoms with Crippen LogP contribution in [0.25, 0.3) is 10.9 Å². The molecule has 3 aromatic rings. The minimum absolute atomic E-state index is 0.732. The summed E-state index contributed by atoms with van der Waals surface area (Å²) in [6, 6.07) is 12.7. The smallest absolute Gasteiger partial charge is 0.191 e. The third kappa shape index (κ3) is 5.12. The Bertz CT molecular complexity index is 968. The van der Waals surface area contributed by atoms with Crippen molar-refractivity contribution in [2.24, 2.45) is 4.99 Å². The molecule has 1 aliphatic heterocycles. The van der Waals surface area contributed by atoms with Crippen LogP contribution >= 0.6 is 0 Å². The SMILES string of the molecule is CN=C(NCCc1c[nH]c2ccccc12)NCc1ccnc(N2CCCCCC2)c1. The first kappa shape index (κ1) is 20.3. The molecule has 6 heteroatoms. The van der Waals surface area contributed by atoms with Crippen LogP contribution in [0.1, 0.15) is 36.8 Å². The predicted octanol–water partition coefficient (Wildman–Crippen LogP) is 3.85. The van der Waals surface area contributed by atoms with E-state index in [0.717, 1.165) is 44.4 Å². The van der Waals surface area contributed by atoms with E-state index >= 15 is 0 Å². The van der Waals surface area contributed by atoms with Gasteiger partial charge in [-0.3, -0.25) is 4.99 Å². The summed E-state index contributed by atoms with van der Waals surface area (Å²) in [5.41, 5.74) is 3.74. The third-order valence-corrected chi connectivity index (χ3v) is 5.79. The number of pyridine rings is 1. The van der Waals surface area contributed by atoms with Gasteiger partial charge in [-0.25, -0.2) is 4.98 Å². The monoisotopic (exact) mass is 404 g/mol. The highest BCUT2D eigenvalue weighted by Crippen LogP contribution is 2.19. The Morgan fingerprint density at radius 1 is 1.10 bits per heavy atom. The first-order chi connectivity index (χ1) is 14.8. The Morgan fingerprint density at radius 3 is 2.77 bits per heavy atom. The maximum absolute atomic E-state index is 4.60. The van der Waals surface area contributed by atoms with Gasteiger partial charge in [0.05, 0.1) is 0 Å². The molecule has 3 heterocycles. The molecule has 30 heavy (non-hydrogen) atoms. The van der Waals surface area contributed by atoms with Gasteiger partial charge in [0.1, 0.15) is 5.82 Å². The number of guanidine groups is 1. The Hall–Kier alpha value is -3.02. The summed E-state index contributed by atoms with van der Waals surface area (Å²) in [5.74, 6) is 1.92. The third-order valence-electron chi connectivity index (χ3n) is 5.79. The van der Waals surface area contributed by atoms with Gasteiger partial charge in [-0.1, -0.05) is 31.0 Å². The van der Waals surface area contributed by atoms with Gasteiger partial charge in [0.2, 0.25) is 0 Å². The van der Waals surface area contributed by atoms with Crippen LogP contribution in [0.15, 0.2) is 53.8 Å². The molecule has 6 nitrogen and oxygen atoms in total. The van der Waals surface area contributed by atoms with E-state index in [1.165, 1.54) is 47.7 Å². The van der Waals surface area contributed by atoms with Gasteiger partial charge >= 0.3 is 0 Å². The number of aromatic amines is 1. The summed E-state index contributed by atoms with van der Waals surface area (Å²) in [4.78, 5) is 14.7. The second-order valence-electron chi connectivity index (χ2n) is 7.89. The van der Waals surface area contributed by atoms with Gasteiger partial charge in [0, 0.05) is 56.5 Å². The summed E-state index contributed by atoms with van der Waals surface area (Å²) in [6.45, 7) is 3.79. The number of aromatic nitrogens is 2. The molecule has 0 aliphatic carbocycles. The Morgan fingerprint density at radius 2 is 1.93 bits per heavy atom. The topological polar surface area (TPSA) is 68.3 Å². The zero-order chi connectivity index (χ0) is 20.6. The summed E-state index contributed by atoms with van der Waals surface area (Å²) < 4.78 is 0. The number of hydrogen-bond donors (Lipinski definition) is 3. The standard InChI is InChI=1S/C24H32N6/c1-25-24(27-13-11-20-18-28-22-9-5-4-8-21(20)22)29-17-19-10-12-26-23(16-19)30-14-6-2-3-7-15-30/h4-5,8-10,12,16,18,28H,2-3,6-7,11,13-15,17H2,1H3,(H2,25,27,29). The number of anilines is 1. The first-order valence-electron chi connectivity index (χ1n) is 11.0. The van der Waals surface area contributed by atoms with Crippen LogP contribution in [0.4, 0.5) is 5.82 Å². The summed E-state index contributed by atoms with van der Waals surface area (Å²) >= 11 is 0. The normalized spacial score (nSPS) is 15.2. The lowest BCUT2D eigenvalue weighted by Gasteiger charge is -2.22. The van der Waals surface area contributed by atoms with E-state index in [9.17, 15) is 0 Å². The number of nitrogens with zero attached hydrogens (tertiary/aromatic N) is 3. The Labute approximate surface area is 178 Å². The number of fused-ring (bicyclic) bond motifs is 1. The van der Waals surface area contributed by atoms with Gasteiger partial charge in [0.15, 0.2) is 5.96 Å². The summed E-state index contributed by atoms with van der Waals surface area (Å²) in [7, 11) is 1.82. The highest BCUT2D eigenvalue weighted by atomic mass is 15.2. The number of rotatable bonds is 6. The molecule has 3 N–H and O–H groups in total. The number of aliphatic imine (C=N–C) groups is 1.